The fraction of sp³-hybridized carbons (Fsp3) is 0.308. The minimum atomic E-state index is -1.71. The number of aromatic nitrogens is 3. The Morgan fingerprint density at radius 2 is 2.00 bits per heavy atom. The molecule has 1 aliphatic rings. The minimum Gasteiger partial charge on any atom is -0.611 e. The second-order valence-electron chi connectivity index (χ2n) is 13.2. The van der Waals surface area contributed by atoms with Crippen molar-refractivity contribution in [1.29, 1.82) is 0 Å². The fourth-order valence-corrected chi connectivity index (χ4v) is 7.81. The molecule has 2 atom stereocenters. The number of aldehydes is 1. The number of allylic oxidation sites excluding steroid dienone is 1. The molecule has 0 saturated carbocycles. The van der Waals surface area contributed by atoms with Crippen molar-refractivity contribution in [2.45, 2.75) is 58.9 Å². The second-order valence-corrected chi connectivity index (χ2v) is 14.7. The molecule has 2 aromatic heterocycles. The quantitative estimate of drug-likeness (QED) is 0.108. The topological polar surface area (TPSA) is 109 Å². The van der Waals surface area contributed by atoms with Gasteiger partial charge in [0.1, 0.15) is 17.3 Å². The van der Waals surface area contributed by atoms with Crippen LogP contribution in [0.3, 0.4) is 0 Å². The first kappa shape index (κ1) is 35.1. The summed E-state index contributed by atoms with van der Waals surface area (Å²) in [5, 5.41) is 5.40. The largest absolute Gasteiger partial charge is 0.611 e. The molecule has 2 unspecified atom stereocenters. The molecule has 4 bridgehead atoms. The van der Waals surface area contributed by atoms with E-state index >= 15 is 8.78 Å². The number of H-pyrrole nitrogens is 1. The van der Waals surface area contributed by atoms with Crippen LogP contribution < -0.4 is 4.74 Å². The third kappa shape index (κ3) is 7.84. The summed E-state index contributed by atoms with van der Waals surface area (Å²) >= 11 is -1.71. The number of aryl methyl sites for hydroxylation is 1. The van der Waals surface area contributed by atoms with Gasteiger partial charge in [0.15, 0.2) is 22.8 Å². The highest BCUT2D eigenvalue weighted by molar-refractivity contribution is 7.96. The van der Waals surface area contributed by atoms with Gasteiger partial charge in [0, 0.05) is 58.4 Å². The number of fused-ring (bicyclic) bond motifs is 8. The van der Waals surface area contributed by atoms with Gasteiger partial charge in [-0.15, -0.1) is 0 Å². The summed E-state index contributed by atoms with van der Waals surface area (Å²) in [6, 6.07) is 16.6. The van der Waals surface area contributed by atoms with Gasteiger partial charge in [-0.2, -0.15) is 5.10 Å². The van der Waals surface area contributed by atoms with Gasteiger partial charge < -0.3 is 19.0 Å². The van der Waals surface area contributed by atoms with Crippen molar-refractivity contribution in [3.63, 3.8) is 0 Å². The molecule has 0 radical (unpaired) electrons. The number of esters is 1. The molecule has 1 N–H and O–H groups in total. The number of hydrogen-bond donors (Lipinski definition) is 1. The monoisotopic (exact) mass is 699 g/mol. The van der Waals surface area contributed by atoms with Crippen molar-refractivity contribution >= 4 is 40.4 Å². The Hall–Kier alpha value is -4.74. The predicted molar refractivity (Wildman–Crippen MR) is 190 cm³/mol. The molecule has 3 aromatic carbocycles. The second kappa shape index (κ2) is 15.0. The van der Waals surface area contributed by atoms with Crippen molar-refractivity contribution in [3.8, 4) is 22.8 Å². The minimum absolute atomic E-state index is 0.0113. The highest BCUT2D eigenvalue weighted by atomic mass is 32.2. The Bertz CT molecular complexity index is 2050. The lowest BCUT2D eigenvalue weighted by Crippen LogP contribution is -2.26. The maximum atomic E-state index is 15.7. The summed E-state index contributed by atoms with van der Waals surface area (Å²) in [4.78, 5) is 27.4. The van der Waals surface area contributed by atoms with E-state index < -0.39 is 28.2 Å². The van der Waals surface area contributed by atoms with E-state index in [1.165, 1.54) is 30.3 Å². The summed E-state index contributed by atoms with van der Waals surface area (Å²) in [6.45, 7) is 6.13. The average molecular weight is 700 g/mol. The summed E-state index contributed by atoms with van der Waals surface area (Å²) < 4.78 is 57.9. The van der Waals surface area contributed by atoms with Crippen LogP contribution in [-0.4, -0.2) is 43.9 Å². The average Bonchev–Trinajstić information content (AvgIpc) is 3.76. The van der Waals surface area contributed by atoms with Crippen molar-refractivity contribution in [1.82, 2.24) is 14.8 Å². The molecule has 50 heavy (non-hydrogen) atoms. The number of ether oxygens (including phenoxy) is 2. The van der Waals surface area contributed by atoms with E-state index in [1.54, 1.807) is 25.3 Å². The van der Waals surface area contributed by atoms with Crippen LogP contribution in [0.15, 0.2) is 78.0 Å². The number of carbonyl (C=O) groups excluding carboxylic acids is 2. The number of carbonyl (C=O) groups is 2. The molecule has 6 rings (SSSR count). The molecule has 0 saturated heterocycles. The van der Waals surface area contributed by atoms with Crippen LogP contribution in [0.4, 0.5) is 8.78 Å². The van der Waals surface area contributed by atoms with Gasteiger partial charge in [0.2, 0.25) is 0 Å². The van der Waals surface area contributed by atoms with Gasteiger partial charge in [-0.1, -0.05) is 44.5 Å². The Kier molecular flexibility index (Phi) is 10.5. The SMILES string of the molecule is CCOC(=O)CCc1cccc(C2CCCC(C)(C)C[S+]([O-])/C(C=O)=C/c3c(c(F)cc4[nH]ccc34)Oc3ccc(F)c(c3)-c3ccn2n3)c1. The zero-order valence-corrected chi connectivity index (χ0v) is 29.0. The van der Waals surface area contributed by atoms with Gasteiger partial charge in [-0.3, -0.25) is 14.3 Å². The van der Waals surface area contributed by atoms with E-state index in [0.29, 0.717) is 48.8 Å². The lowest BCUT2D eigenvalue weighted by Gasteiger charge is -2.27. The van der Waals surface area contributed by atoms with Crippen molar-refractivity contribution in [2.24, 2.45) is 5.41 Å². The first-order valence-electron chi connectivity index (χ1n) is 16.7. The molecule has 3 heterocycles. The first-order valence-corrected chi connectivity index (χ1v) is 18.0. The number of rotatable bonds is 6. The lowest BCUT2D eigenvalue weighted by atomic mass is 9.87. The number of nitrogens with one attached hydrogen (secondary N) is 1. The van der Waals surface area contributed by atoms with E-state index in [4.69, 9.17) is 14.6 Å². The molecule has 0 fully saturated rings. The summed E-state index contributed by atoms with van der Waals surface area (Å²) in [7, 11) is 0. The Labute approximate surface area is 292 Å². The van der Waals surface area contributed by atoms with Crippen molar-refractivity contribution in [2.75, 3.05) is 12.4 Å². The maximum Gasteiger partial charge on any atom is 0.306 e. The summed E-state index contributed by atoms with van der Waals surface area (Å²) in [5.41, 5.74) is 2.79. The van der Waals surface area contributed by atoms with E-state index in [1.807, 2.05) is 42.9 Å². The van der Waals surface area contributed by atoms with Crippen LogP contribution in [0.25, 0.3) is 28.2 Å². The van der Waals surface area contributed by atoms with Gasteiger partial charge in [0.05, 0.1) is 18.3 Å². The van der Waals surface area contributed by atoms with E-state index in [0.717, 1.165) is 17.5 Å². The molecule has 0 amide bonds. The van der Waals surface area contributed by atoms with E-state index in [2.05, 4.69) is 11.1 Å². The zero-order chi connectivity index (χ0) is 35.4. The van der Waals surface area contributed by atoms with Crippen LogP contribution in [0.1, 0.15) is 69.2 Å². The molecule has 1 aliphatic heterocycles. The molecular weight excluding hydrogens is 661 g/mol. The Morgan fingerprint density at radius 1 is 1.16 bits per heavy atom. The highest BCUT2D eigenvalue weighted by Crippen LogP contribution is 2.39. The number of aromatic amines is 1. The number of hydrogen-bond acceptors (Lipinski definition) is 6. The van der Waals surface area contributed by atoms with E-state index in [9.17, 15) is 14.1 Å². The maximum absolute atomic E-state index is 15.7. The Morgan fingerprint density at radius 3 is 2.80 bits per heavy atom. The number of halogens is 2. The van der Waals surface area contributed by atoms with Gasteiger partial charge in [-0.05, 0) is 78.8 Å². The summed E-state index contributed by atoms with van der Waals surface area (Å²) in [5.74, 6) is -1.31. The fourth-order valence-electron chi connectivity index (χ4n) is 6.43. The molecule has 260 valence electrons. The van der Waals surface area contributed by atoms with Crippen LogP contribution in [0.2, 0.25) is 0 Å². The molecule has 0 spiro atoms. The van der Waals surface area contributed by atoms with Crippen LogP contribution >= 0.6 is 0 Å². The van der Waals surface area contributed by atoms with Crippen LogP contribution in [-0.2, 0) is 31.9 Å². The predicted octanol–water partition coefficient (Wildman–Crippen LogP) is 8.69. The van der Waals surface area contributed by atoms with Crippen LogP contribution in [0.5, 0.6) is 11.5 Å². The smallest absolute Gasteiger partial charge is 0.306 e. The van der Waals surface area contributed by atoms with Crippen molar-refractivity contribution in [3.05, 3.63) is 106 Å². The third-order valence-electron chi connectivity index (χ3n) is 8.94. The standard InChI is InChI=1S/C39H39F2N3O5S/c1-4-48-37(46)13-10-25-7-5-8-26(19-25)36-9-6-16-39(2,3)24-50(47)28(23-45)21-30-29-14-17-42-35(29)22-33(41)38(30)49-27-11-12-32(40)31(20-27)34-15-18-44(36)43-34/h5,7-8,11-12,14-15,17-23,36,42H,4,6,9-10,13,16,24H2,1-3H3/b28-21+. The molecule has 11 heteroatoms. The van der Waals surface area contributed by atoms with Gasteiger partial charge in [0.25, 0.3) is 0 Å². The first-order chi connectivity index (χ1) is 24.0. The van der Waals surface area contributed by atoms with Crippen LogP contribution in [0, 0.1) is 17.0 Å². The van der Waals surface area contributed by atoms with Gasteiger partial charge >= 0.3 is 5.97 Å². The normalized spacial score (nSPS) is 19.0. The molecule has 0 aliphatic carbocycles. The summed E-state index contributed by atoms with van der Waals surface area (Å²) in [6.07, 6.45) is 8.29. The van der Waals surface area contributed by atoms with Gasteiger partial charge in [-0.25, -0.2) is 8.78 Å². The number of nitrogens with zero attached hydrogens (tertiary/aromatic N) is 2. The zero-order valence-electron chi connectivity index (χ0n) is 28.2. The Balaban J connectivity index is 1.44. The highest BCUT2D eigenvalue weighted by Gasteiger charge is 2.30. The number of benzene rings is 3. The molecule has 5 aromatic rings. The van der Waals surface area contributed by atoms with E-state index in [-0.39, 0.29) is 51.7 Å². The molecule has 8 nitrogen and oxygen atoms in total. The third-order valence-corrected chi connectivity index (χ3v) is 10.7. The lowest BCUT2D eigenvalue weighted by molar-refractivity contribution is -0.143. The molecular formula is C39H39F2N3O5S. The van der Waals surface area contributed by atoms with Crippen molar-refractivity contribution < 1.29 is 32.4 Å².